The van der Waals surface area contributed by atoms with Crippen molar-refractivity contribution in [3.63, 3.8) is 0 Å². The fraction of sp³-hybridized carbons (Fsp3) is 0.577. The van der Waals surface area contributed by atoms with E-state index < -0.39 is 5.54 Å². The molecule has 1 amide bonds. The van der Waals surface area contributed by atoms with Gasteiger partial charge in [0.25, 0.3) is 5.91 Å². The Bertz CT molecular complexity index is 937. The van der Waals surface area contributed by atoms with Gasteiger partial charge in [0.15, 0.2) is 0 Å². The molecule has 0 aliphatic carbocycles. The lowest BCUT2D eigenvalue weighted by Gasteiger charge is -2.39. The van der Waals surface area contributed by atoms with E-state index in [-0.39, 0.29) is 12.5 Å². The highest BCUT2D eigenvalue weighted by Crippen LogP contribution is 2.44. The first-order valence-electron chi connectivity index (χ1n) is 12.1. The third kappa shape index (κ3) is 5.76. The maximum Gasteiger partial charge on any atom is 0.255 e. The second-order valence-electron chi connectivity index (χ2n) is 8.56. The monoisotopic (exact) mass is 473 g/mol. The van der Waals surface area contributed by atoms with E-state index in [1.165, 1.54) is 0 Å². The van der Waals surface area contributed by atoms with Crippen LogP contribution in [-0.4, -0.2) is 95.1 Å². The zero-order valence-corrected chi connectivity index (χ0v) is 19.7. The first kappa shape index (κ1) is 25.0. The summed E-state index contributed by atoms with van der Waals surface area (Å²) in [6.07, 6.45) is 1.15. The molecular formula is C26H35NO7. The molecule has 2 aromatic rings. The van der Waals surface area contributed by atoms with Gasteiger partial charge in [0.2, 0.25) is 0 Å². The Labute approximate surface area is 200 Å². The zero-order chi connectivity index (χ0) is 23.6. The van der Waals surface area contributed by atoms with Crippen molar-refractivity contribution in [2.24, 2.45) is 0 Å². The van der Waals surface area contributed by atoms with Crippen molar-refractivity contribution in [2.45, 2.75) is 18.4 Å². The maximum absolute atomic E-state index is 13.7. The van der Waals surface area contributed by atoms with Gasteiger partial charge in [0.1, 0.15) is 0 Å². The van der Waals surface area contributed by atoms with Gasteiger partial charge in [-0.1, -0.05) is 24.3 Å². The highest BCUT2D eigenvalue weighted by atomic mass is 16.6. The number of amides is 1. The molecule has 2 aromatic carbocycles. The van der Waals surface area contributed by atoms with Crippen LogP contribution in [0.4, 0.5) is 0 Å². The van der Waals surface area contributed by atoms with Crippen molar-refractivity contribution in [1.29, 1.82) is 0 Å². The minimum absolute atomic E-state index is 0.0232. The molecule has 0 radical (unpaired) electrons. The number of carbonyl (C=O) groups excluding carboxylic acids is 1. The standard InChI is InChI=1S/C26H35NO7/c28-8-3-6-26-20-34-17-16-33-15-14-32-13-12-31-11-10-30-9-7-27(26)25(29)23-18-21-4-1-2-5-22(21)19-24(23)26/h1-2,4-5,18-19,28H,3,6-17,20H2. The first-order chi connectivity index (χ1) is 16.8. The number of rotatable bonds is 3. The van der Waals surface area contributed by atoms with Gasteiger partial charge in [-0.2, -0.15) is 0 Å². The largest absolute Gasteiger partial charge is 0.396 e. The van der Waals surface area contributed by atoms with E-state index in [1.807, 2.05) is 29.2 Å². The molecule has 1 N–H and O–H groups in total. The minimum atomic E-state index is -0.673. The van der Waals surface area contributed by atoms with Gasteiger partial charge in [-0.3, -0.25) is 4.79 Å². The lowest BCUT2D eigenvalue weighted by Crippen LogP contribution is -2.49. The van der Waals surface area contributed by atoms with E-state index in [0.717, 1.165) is 16.3 Å². The molecule has 1 atom stereocenters. The third-order valence-corrected chi connectivity index (χ3v) is 6.42. The molecule has 0 saturated carbocycles. The van der Waals surface area contributed by atoms with Crippen LogP contribution in [0, 0.1) is 0 Å². The van der Waals surface area contributed by atoms with E-state index in [4.69, 9.17) is 23.7 Å². The fourth-order valence-electron chi connectivity index (χ4n) is 4.75. The predicted molar refractivity (Wildman–Crippen MR) is 127 cm³/mol. The minimum Gasteiger partial charge on any atom is -0.396 e. The number of fused-ring (bicyclic) bond motifs is 4. The number of hydrogen-bond acceptors (Lipinski definition) is 7. The van der Waals surface area contributed by atoms with Gasteiger partial charge in [-0.15, -0.1) is 0 Å². The van der Waals surface area contributed by atoms with Gasteiger partial charge in [-0.25, -0.2) is 0 Å². The summed E-state index contributed by atoms with van der Waals surface area (Å²) in [6, 6.07) is 12.1. The van der Waals surface area contributed by atoms with Crippen LogP contribution >= 0.6 is 0 Å². The van der Waals surface area contributed by atoms with E-state index in [9.17, 15) is 9.90 Å². The Kier molecular flexibility index (Phi) is 9.26. The number of hydrogen-bond donors (Lipinski definition) is 1. The summed E-state index contributed by atoms with van der Waals surface area (Å²) < 4.78 is 28.5. The normalized spacial score (nSPS) is 23.8. The summed E-state index contributed by atoms with van der Waals surface area (Å²) in [5.74, 6) is -0.0232. The molecule has 1 fully saturated rings. The van der Waals surface area contributed by atoms with Gasteiger partial charge < -0.3 is 33.7 Å². The maximum atomic E-state index is 13.7. The summed E-state index contributed by atoms with van der Waals surface area (Å²) in [5.41, 5.74) is 0.979. The summed E-state index contributed by atoms with van der Waals surface area (Å²) in [7, 11) is 0. The topological polar surface area (TPSA) is 86.7 Å². The molecular weight excluding hydrogens is 438 g/mol. The molecule has 0 aromatic heterocycles. The summed E-state index contributed by atoms with van der Waals surface area (Å²) in [6.45, 7) is 4.97. The van der Waals surface area contributed by atoms with Crippen molar-refractivity contribution in [2.75, 3.05) is 79.2 Å². The number of ether oxygens (including phenoxy) is 5. The average molecular weight is 474 g/mol. The summed E-state index contributed by atoms with van der Waals surface area (Å²) >= 11 is 0. The van der Waals surface area contributed by atoms with Gasteiger partial charge in [0.05, 0.1) is 71.6 Å². The third-order valence-electron chi connectivity index (χ3n) is 6.42. The summed E-state index contributed by atoms with van der Waals surface area (Å²) in [4.78, 5) is 15.5. The first-order valence-corrected chi connectivity index (χ1v) is 12.1. The molecule has 0 bridgehead atoms. The summed E-state index contributed by atoms with van der Waals surface area (Å²) in [5, 5.41) is 11.8. The number of carbonyl (C=O) groups is 1. The molecule has 4 rings (SSSR count). The molecule has 34 heavy (non-hydrogen) atoms. The molecule has 2 aliphatic heterocycles. The molecule has 0 spiro atoms. The van der Waals surface area contributed by atoms with Crippen molar-refractivity contribution in [3.8, 4) is 0 Å². The number of aliphatic hydroxyl groups is 1. The van der Waals surface area contributed by atoms with E-state index in [0.29, 0.717) is 91.0 Å². The highest BCUT2D eigenvalue weighted by Gasteiger charge is 2.49. The molecule has 1 saturated heterocycles. The van der Waals surface area contributed by atoms with Crippen LogP contribution in [0.5, 0.6) is 0 Å². The van der Waals surface area contributed by atoms with Crippen LogP contribution in [0.25, 0.3) is 10.8 Å². The Morgan fingerprint density at radius 3 is 1.97 bits per heavy atom. The molecule has 2 heterocycles. The lowest BCUT2D eigenvalue weighted by molar-refractivity contribution is -0.0449. The van der Waals surface area contributed by atoms with Crippen molar-refractivity contribution in [1.82, 2.24) is 4.90 Å². The second-order valence-corrected chi connectivity index (χ2v) is 8.56. The number of aliphatic hydroxyl groups excluding tert-OH is 1. The molecule has 1 unspecified atom stereocenters. The smallest absolute Gasteiger partial charge is 0.255 e. The van der Waals surface area contributed by atoms with Crippen LogP contribution in [0.1, 0.15) is 28.8 Å². The van der Waals surface area contributed by atoms with Crippen LogP contribution < -0.4 is 0 Å². The highest BCUT2D eigenvalue weighted by molar-refractivity contribution is 6.04. The molecule has 186 valence electrons. The Hall–Kier alpha value is -2.07. The Balaban J connectivity index is 1.62. The lowest BCUT2D eigenvalue weighted by atomic mass is 9.84. The van der Waals surface area contributed by atoms with Gasteiger partial charge in [0, 0.05) is 18.7 Å². The molecule has 2 aliphatic rings. The van der Waals surface area contributed by atoms with Gasteiger partial charge in [-0.05, 0) is 41.3 Å². The predicted octanol–water partition coefficient (Wildman–Crippen LogP) is 2.36. The van der Waals surface area contributed by atoms with E-state index >= 15 is 0 Å². The Morgan fingerprint density at radius 1 is 0.794 bits per heavy atom. The van der Waals surface area contributed by atoms with Crippen LogP contribution in [0.15, 0.2) is 36.4 Å². The number of benzene rings is 2. The van der Waals surface area contributed by atoms with Crippen LogP contribution in [0.3, 0.4) is 0 Å². The molecule has 8 heteroatoms. The van der Waals surface area contributed by atoms with Crippen LogP contribution in [0.2, 0.25) is 0 Å². The van der Waals surface area contributed by atoms with Crippen molar-refractivity contribution >= 4 is 16.7 Å². The number of nitrogens with zero attached hydrogens (tertiary/aromatic N) is 1. The van der Waals surface area contributed by atoms with Gasteiger partial charge >= 0.3 is 0 Å². The van der Waals surface area contributed by atoms with Crippen molar-refractivity contribution in [3.05, 3.63) is 47.5 Å². The van der Waals surface area contributed by atoms with Crippen molar-refractivity contribution < 1.29 is 33.6 Å². The van der Waals surface area contributed by atoms with E-state index in [1.54, 1.807) is 0 Å². The zero-order valence-electron chi connectivity index (χ0n) is 19.7. The van der Waals surface area contributed by atoms with E-state index in [2.05, 4.69) is 12.1 Å². The molecule has 8 nitrogen and oxygen atoms in total. The Morgan fingerprint density at radius 2 is 1.35 bits per heavy atom. The second kappa shape index (κ2) is 12.6. The fourth-order valence-corrected chi connectivity index (χ4v) is 4.75. The quantitative estimate of drug-likeness (QED) is 0.732. The average Bonchev–Trinajstić information content (AvgIpc) is 3.07. The SMILES string of the molecule is O=C1c2cc3ccccc3cc2C2(CCCO)COCCOCCOCCOCCOCCN12. The van der Waals surface area contributed by atoms with Crippen LogP contribution in [-0.2, 0) is 29.2 Å².